The van der Waals surface area contributed by atoms with Crippen LogP contribution in [0.25, 0.3) is 0 Å². The quantitative estimate of drug-likeness (QED) is 0.745. The van der Waals surface area contributed by atoms with Crippen molar-refractivity contribution in [2.45, 2.75) is 38.0 Å². The van der Waals surface area contributed by atoms with Gasteiger partial charge in [-0.1, -0.05) is 20.3 Å². The van der Waals surface area contributed by atoms with Crippen molar-refractivity contribution >= 4 is 21.8 Å². The van der Waals surface area contributed by atoms with Gasteiger partial charge in [0.1, 0.15) is 10.6 Å². The monoisotopic (exact) mass is 410 g/mol. The SMILES string of the molecule is CC(C)C(=O)N1CCN(C(=O)c2cc(S(=O)(=O)N3CCCCC3)cn2C)CC1. The number of amides is 2. The summed E-state index contributed by atoms with van der Waals surface area (Å²) in [5.41, 5.74) is 0.360. The highest BCUT2D eigenvalue weighted by atomic mass is 32.2. The second-order valence-electron chi connectivity index (χ2n) is 7.91. The van der Waals surface area contributed by atoms with Crippen molar-refractivity contribution < 1.29 is 18.0 Å². The molecule has 0 radical (unpaired) electrons. The van der Waals surface area contributed by atoms with Crippen LogP contribution in [0.1, 0.15) is 43.6 Å². The maximum atomic E-state index is 12.9. The Morgan fingerprint density at radius 3 is 2.07 bits per heavy atom. The molecular formula is C19H30N4O4S. The number of piperazine rings is 1. The molecule has 0 spiro atoms. The molecule has 1 aromatic heterocycles. The number of hydrogen-bond acceptors (Lipinski definition) is 4. The van der Waals surface area contributed by atoms with E-state index in [4.69, 9.17) is 0 Å². The van der Waals surface area contributed by atoms with Gasteiger partial charge in [0, 0.05) is 58.4 Å². The largest absolute Gasteiger partial charge is 0.345 e. The summed E-state index contributed by atoms with van der Waals surface area (Å²) in [5.74, 6) is -0.155. The summed E-state index contributed by atoms with van der Waals surface area (Å²) in [6.45, 7) is 6.73. The van der Waals surface area contributed by atoms with Crippen LogP contribution in [-0.4, -0.2) is 78.2 Å². The number of carbonyl (C=O) groups excluding carboxylic acids is 2. The lowest BCUT2D eigenvalue weighted by molar-refractivity contribution is -0.135. The predicted molar refractivity (Wildman–Crippen MR) is 105 cm³/mol. The van der Waals surface area contributed by atoms with Gasteiger partial charge in [-0.25, -0.2) is 8.42 Å². The molecule has 156 valence electrons. The van der Waals surface area contributed by atoms with Gasteiger partial charge >= 0.3 is 0 Å². The van der Waals surface area contributed by atoms with E-state index in [1.54, 1.807) is 21.4 Å². The first-order chi connectivity index (χ1) is 13.2. The molecule has 3 heterocycles. The maximum Gasteiger partial charge on any atom is 0.270 e. The fraction of sp³-hybridized carbons (Fsp3) is 0.684. The van der Waals surface area contributed by atoms with E-state index >= 15 is 0 Å². The van der Waals surface area contributed by atoms with Crippen LogP contribution in [0.2, 0.25) is 0 Å². The van der Waals surface area contributed by atoms with Crippen molar-refractivity contribution in [3.05, 3.63) is 18.0 Å². The van der Waals surface area contributed by atoms with E-state index in [1.165, 1.54) is 16.6 Å². The van der Waals surface area contributed by atoms with E-state index in [1.807, 2.05) is 13.8 Å². The van der Waals surface area contributed by atoms with Gasteiger partial charge in [-0.05, 0) is 18.9 Å². The van der Waals surface area contributed by atoms with Gasteiger partial charge < -0.3 is 14.4 Å². The van der Waals surface area contributed by atoms with Gasteiger partial charge in [0.15, 0.2) is 0 Å². The number of rotatable bonds is 4. The first kappa shape index (κ1) is 20.9. The number of sulfonamides is 1. The molecule has 2 saturated heterocycles. The lowest BCUT2D eigenvalue weighted by Crippen LogP contribution is -2.51. The van der Waals surface area contributed by atoms with E-state index in [2.05, 4.69) is 0 Å². The van der Waals surface area contributed by atoms with Gasteiger partial charge in [-0.2, -0.15) is 4.31 Å². The second-order valence-corrected chi connectivity index (χ2v) is 9.85. The van der Waals surface area contributed by atoms with E-state index in [-0.39, 0.29) is 22.6 Å². The number of piperidine rings is 1. The summed E-state index contributed by atoms with van der Waals surface area (Å²) < 4.78 is 28.9. The standard InChI is InChI=1S/C19H30N4O4S/c1-15(2)18(24)21-9-11-22(12-10-21)19(25)17-13-16(14-20(17)3)28(26,27)23-7-5-4-6-8-23/h13-15H,4-12H2,1-3H3. The van der Waals surface area contributed by atoms with Crippen molar-refractivity contribution in [1.82, 2.24) is 18.7 Å². The van der Waals surface area contributed by atoms with Crippen molar-refractivity contribution in [1.29, 1.82) is 0 Å². The van der Waals surface area contributed by atoms with E-state index < -0.39 is 10.0 Å². The fourth-order valence-corrected chi connectivity index (χ4v) is 5.39. The molecule has 3 rings (SSSR count). The summed E-state index contributed by atoms with van der Waals surface area (Å²) in [4.78, 5) is 28.7. The Labute approximate surface area is 167 Å². The van der Waals surface area contributed by atoms with Crippen LogP contribution >= 0.6 is 0 Å². The van der Waals surface area contributed by atoms with E-state index in [0.717, 1.165) is 19.3 Å². The average molecular weight is 411 g/mol. The number of carbonyl (C=O) groups is 2. The highest BCUT2D eigenvalue weighted by Gasteiger charge is 2.31. The van der Waals surface area contributed by atoms with E-state index in [9.17, 15) is 18.0 Å². The minimum atomic E-state index is -3.57. The topological polar surface area (TPSA) is 82.9 Å². The summed E-state index contributed by atoms with van der Waals surface area (Å²) in [6, 6.07) is 1.48. The van der Waals surface area contributed by atoms with Gasteiger partial charge in [0.25, 0.3) is 5.91 Å². The summed E-state index contributed by atoms with van der Waals surface area (Å²) >= 11 is 0. The zero-order chi connectivity index (χ0) is 20.5. The summed E-state index contributed by atoms with van der Waals surface area (Å²) in [7, 11) is -1.87. The Morgan fingerprint density at radius 2 is 1.50 bits per heavy atom. The van der Waals surface area contributed by atoms with Gasteiger partial charge in [-0.3, -0.25) is 9.59 Å². The molecule has 0 unspecified atom stereocenters. The molecule has 8 nitrogen and oxygen atoms in total. The van der Waals surface area contributed by atoms with Crippen molar-refractivity contribution in [3.8, 4) is 0 Å². The molecule has 0 saturated carbocycles. The van der Waals surface area contributed by atoms with Crippen LogP contribution in [0, 0.1) is 5.92 Å². The Balaban J connectivity index is 1.71. The Morgan fingerprint density at radius 1 is 0.929 bits per heavy atom. The number of aromatic nitrogens is 1. The van der Waals surface area contributed by atoms with Crippen LogP contribution in [-0.2, 0) is 21.9 Å². The van der Waals surface area contributed by atoms with Crippen molar-refractivity contribution in [2.75, 3.05) is 39.3 Å². The Bertz CT molecular complexity index is 832. The van der Waals surface area contributed by atoms with Crippen LogP contribution < -0.4 is 0 Å². The van der Waals surface area contributed by atoms with Crippen molar-refractivity contribution in [2.24, 2.45) is 13.0 Å². The van der Waals surface area contributed by atoms with Gasteiger partial charge in [0.05, 0.1) is 0 Å². The molecule has 28 heavy (non-hydrogen) atoms. The third kappa shape index (κ3) is 4.10. The fourth-order valence-electron chi connectivity index (χ4n) is 3.80. The predicted octanol–water partition coefficient (Wildman–Crippen LogP) is 1.14. The molecule has 0 atom stereocenters. The Kier molecular flexibility index (Phi) is 6.14. The first-order valence-corrected chi connectivity index (χ1v) is 11.4. The minimum Gasteiger partial charge on any atom is -0.345 e. The molecule has 2 fully saturated rings. The lowest BCUT2D eigenvalue weighted by Gasteiger charge is -2.35. The second kappa shape index (κ2) is 8.24. The first-order valence-electron chi connectivity index (χ1n) is 9.96. The zero-order valence-corrected chi connectivity index (χ0v) is 17.7. The molecule has 2 amide bonds. The van der Waals surface area contributed by atoms with Crippen LogP contribution in [0.15, 0.2) is 17.2 Å². The van der Waals surface area contributed by atoms with Crippen molar-refractivity contribution in [3.63, 3.8) is 0 Å². The maximum absolute atomic E-state index is 12.9. The molecule has 0 aliphatic carbocycles. The summed E-state index contributed by atoms with van der Waals surface area (Å²) in [5, 5.41) is 0. The molecule has 0 aromatic carbocycles. The number of aryl methyl sites for hydroxylation is 1. The third-order valence-electron chi connectivity index (χ3n) is 5.52. The molecule has 2 aliphatic rings. The molecule has 9 heteroatoms. The molecular weight excluding hydrogens is 380 g/mol. The smallest absolute Gasteiger partial charge is 0.270 e. The zero-order valence-electron chi connectivity index (χ0n) is 16.9. The summed E-state index contributed by atoms with van der Waals surface area (Å²) in [6.07, 6.45) is 4.32. The van der Waals surface area contributed by atoms with Crippen LogP contribution in [0.3, 0.4) is 0 Å². The minimum absolute atomic E-state index is 0.0577. The highest BCUT2D eigenvalue weighted by Crippen LogP contribution is 2.23. The van der Waals surface area contributed by atoms with E-state index in [0.29, 0.717) is 45.0 Å². The normalized spacial score (nSPS) is 19.3. The van der Waals surface area contributed by atoms with Crippen LogP contribution in [0.5, 0.6) is 0 Å². The molecule has 2 aliphatic heterocycles. The number of nitrogens with zero attached hydrogens (tertiary/aromatic N) is 4. The average Bonchev–Trinajstić information content (AvgIpc) is 3.10. The van der Waals surface area contributed by atoms with Gasteiger partial charge in [-0.15, -0.1) is 0 Å². The Hall–Kier alpha value is -1.87. The molecule has 1 aromatic rings. The van der Waals surface area contributed by atoms with Crippen LogP contribution in [0.4, 0.5) is 0 Å². The highest BCUT2D eigenvalue weighted by molar-refractivity contribution is 7.89. The number of hydrogen-bond donors (Lipinski definition) is 0. The lowest BCUT2D eigenvalue weighted by atomic mass is 10.1. The third-order valence-corrected chi connectivity index (χ3v) is 7.39. The van der Waals surface area contributed by atoms with Gasteiger partial charge in [0.2, 0.25) is 15.9 Å². The molecule has 0 bridgehead atoms. The molecule has 0 N–H and O–H groups in total.